The highest BCUT2D eigenvalue weighted by molar-refractivity contribution is 5.88. The maximum absolute atomic E-state index is 14.5. The first-order valence-corrected chi connectivity index (χ1v) is 20.5. The highest BCUT2D eigenvalue weighted by Gasteiger charge is 2.70. The van der Waals surface area contributed by atoms with Gasteiger partial charge < -0.3 is 59.8 Å². The lowest BCUT2D eigenvalue weighted by molar-refractivity contribution is -0.330. The Labute approximate surface area is 325 Å². The average Bonchev–Trinajstić information content (AvgIpc) is 3.41. The average molecular weight is 781 g/mol. The zero-order valence-electron chi connectivity index (χ0n) is 33.7. The Morgan fingerprint density at radius 2 is 1.47 bits per heavy atom. The molecule has 0 radical (unpaired) electrons. The normalized spacial score (nSPS) is 49.1. The number of carbonyl (C=O) groups is 1. The molecule has 6 rings (SSSR count). The number of ketones is 1. The van der Waals surface area contributed by atoms with Crippen LogP contribution in [0.1, 0.15) is 99.8 Å². The summed E-state index contributed by atoms with van der Waals surface area (Å²) in [6.07, 6.45) is -3.58. The van der Waals surface area contributed by atoms with E-state index in [-0.39, 0.29) is 40.8 Å². The minimum Gasteiger partial charge on any atom is -0.394 e. The number of fused-ring (bicyclic) bond motifs is 5. The van der Waals surface area contributed by atoms with E-state index in [2.05, 4.69) is 53.7 Å². The molecule has 314 valence electrons. The first kappa shape index (κ1) is 43.3. The summed E-state index contributed by atoms with van der Waals surface area (Å²) in [6, 6.07) is 0. The molecule has 5 fully saturated rings. The van der Waals surface area contributed by atoms with Crippen molar-refractivity contribution in [2.45, 2.75) is 167 Å². The number of allylic oxidation sites excluding steroid dienone is 2. The van der Waals surface area contributed by atoms with Gasteiger partial charge in [0.05, 0.1) is 25.9 Å². The fourth-order valence-electron chi connectivity index (χ4n) is 12.0. The Kier molecular flexibility index (Phi) is 12.6. The van der Waals surface area contributed by atoms with Gasteiger partial charge >= 0.3 is 0 Å². The van der Waals surface area contributed by atoms with Crippen LogP contribution in [0.4, 0.5) is 0 Å². The SMILES string of the molecule is C/C(=C\CC[C@@H](C)[C@H]1CC[C@@]2(C)C3CC=C4[C@@H](CC[C@H](O)C4(C)C)[C@]3(C)C(=O)C[C@]12C)CO[C@@H]1O[C@H](CO[C@@H]2O[C@H](CO)[C@@H](O)[C@H](O)[C@H]2O)[C@@H](O)[C@H](O)[C@H]1O. The molecule has 55 heavy (non-hydrogen) atoms. The van der Waals surface area contributed by atoms with Crippen molar-refractivity contribution in [3.8, 4) is 0 Å². The van der Waals surface area contributed by atoms with Crippen molar-refractivity contribution >= 4 is 5.78 Å². The minimum atomic E-state index is -1.65. The minimum absolute atomic E-state index is 0.0348. The first-order chi connectivity index (χ1) is 25.7. The molecular formula is C42H68O13. The highest BCUT2D eigenvalue weighted by atomic mass is 16.7. The lowest BCUT2D eigenvalue weighted by Gasteiger charge is -2.64. The van der Waals surface area contributed by atoms with Crippen LogP contribution in [0.2, 0.25) is 0 Å². The molecule has 0 amide bonds. The zero-order valence-corrected chi connectivity index (χ0v) is 33.7. The van der Waals surface area contributed by atoms with Gasteiger partial charge in [-0.3, -0.25) is 4.79 Å². The fraction of sp³-hybridized carbons (Fsp3) is 0.881. The Bertz CT molecular complexity index is 1450. The van der Waals surface area contributed by atoms with Gasteiger partial charge in [0.25, 0.3) is 0 Å². The molecule has 8 N–H and O–H groups in total. The molecular weight excluding hydrogens is 712 g/mol. The Morgan fingerprint density at radius 3 is 2.13 bits per heavy atom. The Hall–Kier alpha value is -1.33. The number of hydrogen-bond donors (Lipinski definition) is 8. The predicted molar refractivity (Wildman–Crippen MR) is 200 cm³/mol. The molecule has 0 spiro atoms. The lowest BCUT2D eigenvalue weighted by atomic mass is 9.38. The third-order valence-electron chi connectivity index (χ3n) is 15.9. The maximum Gasteiger partial charge on any atom is 0.187 e. The molecule has 4 aliphatic carbocycles. The van der Waals surface area contributed by atoms with Crippen LogP contribution in [-0.2, 0) is 23.7 Å². The van der Waals surface area contributed by atoms with Gasteiger partial charge in [-0.15, -0.1) is 0 Å². The molecule has 0 aromatic carbocycles. The Morgan fingerprint density at radius 1 is 0.855 bits per heavy atom. The standard InChI is InChI=1S/C42H68O13/c1-21(19-52-37-36(51)34(49)32(47)27(55-37)20-53-38-35(50)33(48)31(46)26(18-43)54-38)9-8-10-22(2)23-15-16-40(5)28-13-11-24-25(12-14-29(44)39(24,3)4)42(28,7)30(45)17-41(23,40)6/h9,11,22-23,25-29,31-38,43-44,46-51H,8,10,12-20H2,1-7H3/b21-9+/t22-,23-,25-,26-,27-,28?,29+,31-,32-,33+,34+,35-,36-,37-,38-,40+,41-,42+/m1/s1. The third-order valence-corrected chi connectivity index (χ3v) is 15.9. The van der Waals surface area contributed by atoms with Crippen LogP contribution in [0.15, 0.2) is 23.3 Å². The zero-order chi connectivity index (χ0) is 40.4. The molecule has 2 saturated heterocycles. The summed E-state index contributed by atoms with van der Waals surface area (Å²) in [6.45, 7) is 14.6. The van der Waals surface area contributed by atoms with Gasteiger partial charge in [0, 0.05) is 17.3 Å². The summed E-state index contributed by atoms with van der Waals surface area (Å²) in [5, 5.41) is 82.4. The van der Waals surface area contributed by atoms with Crippen molar-refractivity contribution < 1.29 is 64.6 Å². The van der Waals surface area contributed by atoms with Crippen molar-refractivity contribution in [1.82, 2.24) is 0 Å². The van der Waals surface area contributed by atoms with E-state index in [1.807, 2.05) is 6.92 Å². The molecule has 18 atom stereocenters. The van der Waals surface area contributed by atoms with Crippen LogP contribution in [0, 0.1) is 45.3 Å². The number of Topliss-reactive ketones (excluding diaryl/α,β-unsaturated/α-hetero) is 1. The first-order valence-electron chi connectivity index (χ1n) is 20.5. The van der Waals surface area contributed by atoms with Crippen LogP contribution in [-0.4, -0.2) is 134 Å². The van der Waals surface area contributed by atoms with E-state index in [9.17, 15) is 45.6 Å². The molecule has 13 heteroatoms. The number of carbonyl (C=O) groups excluding carboxylic acids is 1. The summed E-state index contributed by atoms with van der Waals surface area (Å²) in [7, 11) is 0. The number of hydrogen-bond acceptors (Lipinski definition) is 13. The van der Waals surface area contributed by atoms with E-state index in [1.165, 1.54) is 5.57 Å². The number of rotatable bonds is 11. The highest BCUT2D eigenvalue weighted by Crippen LogP contribution is 2.74. The summed E-state index contributed by atoms with van der Waals surface area (Å²) >= 11 is 0. The molecule has 6 aliphatic rings. The molecule has 13 nitrogen and oxygen atoms in total. The molecule has 2 aliphatic heterocycles. The van der Waals surface area contributed by atoms with E-state index >= 15 is 0 Å². The molecule has 0 aromatic heterocycles. The summed E-state index contributed by atoms with van der Waals surface area (Å²) in [5.41, 5.74) is 1.40. The quantitative estimate of drug-likeness (QED) is 0.141. The molecule has 0 aromatic rings. The monoisotopic (exact) mass is 780 g/mol. The van der Waals surface area contributed by atoms with Gasteiger partial charge in [-0.05, 0) is 86.4 Å². The van der Waals surface area contributed by atoms with E-state index in [0.717, 1.165) is 50.5 Å². The fourth-order valence-corrected chi connectivity index (χ4v) is 12.0. The van der Waals surface area contributed by atoms with Gasteiger partial charge in [0.2, 0.25) is 0 Å². The van der Waals surface area contributed by atoms with Gasteiger partial charge in [0.1, 0.15) is 54.6 Å². The predicted octanol–water partition coefficient (Wildman–Crippen LogP) is 2.13. The Balaban J connectivity index is 1.03. The molecule has 3 saturated carbocycles. The number of ether oxygens (including phenoxy) is 4. The molecule has 1 unspecified atom stereocenters. The topological polar surface area (TPSA) is 216 Å². The summed E-state index contributed by atoms with van der Waals surface area (Å²) < 4.78 is 22.5. The lowest BCUT2D eigenvalue weighted by Crippen LogP contribution is -2.63. The van der Waals surface area contributed by atoms with Crippen molar-refractivity contribution in [2.75, 3.05) is 19.8 Å². The third kappa shape index (κ3) is 7.24. The van der Waals surface area contributed by atoms with Gasteiger partial charge in [-0.2, -0.15) is 0 Å². The molecule has 2 heterocycles. The second-order valence-electron chi connectivity index (χ2n) is 19.1. The van der Waals surface area contributed by atoms with E-state index in [4.69, 9.17) is 18.9 Å². The van der Waals surface area contributed by atoms with Crippen molar-refractivity contribution in [2.24, 2.45) is 45.3 Å². The van der Waals surface area contributed by atoms with Crippen molar-refractivity contribution in [3.05, 3.63) is 23.3 Å². The number of aliphatic hydroxyl groups excluding tert-OH is 8. The van der Waals surface area contributed by atoms with Crippen LogP contribution >= 0.6 is 0 Å². The smallest absolute Gasteiger partial charge is 0.187 e. The van der Waals surface area contributed by atoms with Crippen molar-refractivity contribution in [3.63, 3.8) is 0 Å². The van der Waals surface area contributed by atoms with Crippen LogP contribution in [0.5, 0.6) is 0 Å². The van der Waals surface area contributed by atoms with E-state index in [0.29, 0.717) is 24.0 Å². The van der Waals surface area contributed by atoms with Crippen molar-refractivity contribution in [1.29, 1.82) is 0 Å². The van der Waals surface area contributed by atoms with Gasteiger partial charge in [0.15, 0.2) is 12.6 Å². The van der Waals surface area contributed by atoms with E-state index < -0.39 is 80.0 Å². The second kappa shape index (κ2) is 16.0. The largest absolute Gasteiger partial charge is 0.394 e. The number of aliphatic hydroxyl groups is 8. The van der Waals surface area contributed by atoms with Gasteiger partial charge in [-0.25, -0.2) is 0 Å². The van der Waals surface area contributed by atoms with Gasteiger partial charge in [-0.1, -0.05) is 64.8 Å². The van der Waals surface area contributed by atoms with Crippen LogP contribution in [0.25, 0.3) is 0 Å². The van der Waals surface area contributed by atoms with Crippen LogP contribution in [0.3, 0.4) is 0 Å². The summed E-state index contributed by atoms with van der Waals surface area (Å²) in [5.74, 6) is 1.66. The van der Waals surface area contributed by atoms with E-state index in [1.54, 1.807) is 0 Å². The maximum atomic E-state index is 14.5. The molecule has 0 bridgehead atoms. The summed E-state index contributed by atoms with van der Waals surface area (Å²) in [4.78, 5) is 14.5. The van der Waals surface area contributed by atoms with Crippen LogP contribution < -0.4 is 0 Å². The second-order valence-corrected chi connectivity index (χ2v) is 19.1.